The maximum absolute atomic E-state index is 13.9. The van der Waals surface area contributed by atoms with Crippen molar-refractivity contribution in [2.24, 2.45) is 0 Å². The number of methoxy groups -OCH3 is 2. The minimum atomic E-state index is -0.547. The Labute approximate surface area is 183 Å². The van der Waals surface area contributed by atoms with Crippen LogP contribution in [0, 0.1) is 0 Å². The summed E-state index contributed by atoms with van der Waals surface area (Å²) in [5.74, 6) is 0.0538. The van der Waals surface area contributed by atoms with Crippen LogP contribution in [-0.4, -0.2) is 49.6 Å². The third-order valence-corrected chi connectivity index (χ3v) is 6.69. The number of nitrogens with one attached hydrogen (secondary N) is 1. The molecule has 1 N–H and O–H groups in total. The number of carbonyl (C=O) groups excluding carboxylic acids is 2. The number of carbonyl (C=O) groups is 2. The predicted octanol–water partition coefficient (Wildman–Crippen LogP) is 4.22. The number of ether oxygens (including phenoxy) is 2. The van der Waals surface area contributed by atoms with Crippen molar-refractivity contribution in [1.29, 1.82) is 0 Å². The van der Waals surface area contributed by atoms with Gasteiger partial charge < -0.3 is 19.7 Å². The summed E-state index contributed by atoms with van der Waals surface area (Å²) in [5, 5.41) is 3.10. The highest BCUT2D eigenvalue weighted by Crippen LogP contribution is 2.49. The van der Waals surface area contributed by atoms with Crippen LogP contribution in [0.3, 0.4) is 0 Å². The molecule has 1 aliphatic carbocycles. The molecule has 0 bridgehead atoms. The second-order valence-corrected chi connectivity index (χ2v) is 8.32. The Morgan fingerprint density at radius 2 is 1.77 bits per heavy atom. The third-order valence-electron chi connectivity index (χ3n) is 6.69. The van der Waals surface area contributed by atoms with Gasteiger partial charge in [0, 0.05) is 19.2 Å². The Bertz CT molecular complexity index is 952. The molecule has 1 saturated carbocycles. The van der Waals surface area contributed by atoms with Crippen LogP contribution in [0.25, 0.3) is 0 Å². The van der Waals surface area contributed by atoms with Crippen molar-refractivity contribution in [3.8, 4) is 5.75 Å². The highest BCUT2D eigenvalue weighted by molar-refractivity contribution is 6.05. The van der Waals surface area contributed by atoms with Crippen molar-refractivity contribution in [3.63, 3.8) is 0 Å². The lowest BCUT2D eigenvalue weighted by atomic mass is 9.65. The SMILES string of the molecule is COCCN1C(=O)c2ccccc2[C@H](C(=O)Nc2ccccc2OC)C12CCCCC2. The first kappa shape index (κ1) is 21.4. The molecule has 6 nitrogen and oxygen atoms in total. The minimum Gasteiger partial charge on any atom is -0.495 e. The minimum absolute atomic E-state index is 0.00380. The Kier molecular flexibility index (Phi) is 6.28. The second kappa shape index (κ2) is 9.10. The van der Waals surface area contributed by atoms with Crippen molar-refractivity contribution < 1.29 is 19.1 Å². The van der Waals surface area contributed by atoms with Gasteiger partial charge in [-0.15, -0.1) is 0 Å². The smallest absolute Gasteiger partial charge is 0.254 e. The first-order valence-corrected chi connectivity index (χ1v) is 11.0. The van der Waals surface area contributed by atoms with Gasteiger partial charge in [0.15, 0.2) is 0 Å². The summed E-state index contributed by atoms with van der Waals surface area (Å²) in [5.41, 5.74) is 1.51. The van der Waals surface area contributed by atoms with Crippen molar-refractivity contribution in [2.45, 2.75) is 43.6 Å². The van der Waals surface area contributed by atoms with Crippen molar-refractivity contribution in [3.05, 3.63) is 59.7 Å². The molecular formula is C25H30N2O4. The lowest BCUT2D eigenvalue weighted by molar-refractivity contribution is -0.122. The number of para-hydroxylation sites is 2. The van der Waals surface area contributed by atoms with Crippen LogP contribution in [0.2, 0.25) is 0 Å². The van der Waals surface area contributed by atoms with E-state index in [1.807, 2.05) is 53.4 Å². The van der Waals surface area contributed by atoms with Crippen LogP contribution < -0.4 is 10.1 Å². The summed E-state index contributed by atoms with van der Waals surface area (Å²) in [4.78, 5) is 29.3. The molecule has 164 valence electrons. The van der Waals surface area contributed by atoms with Crippen molar-refractivity contribution in [2.75, 3.05) is 32.7 Å². The number of anilines is 1. The number of amides is 2. The quantitative estimate of drug-likeness (QED) is 0.757. The van der Waals surface area contributed by atoms with E-state index in [1.165, 1.54) is 0 Å². The van der Waals surface area contributed by atoms with Gasteiger partial charge in [-0.3, -0.25) is 9.59 Å². The Hall–Kier alpha value is -2.86. The zero-order valence-electron chi connectivity index (χ0n) is 18.2. The van der Waals surface area contributed by atoms with E-state index in [4.69, 9.17) is 9.47 Å². The van der Waals surface area contributed by atoms with Gasteiger partial charge in [-0.05, 0) is 36.6 Å². The number of rotatable bonds is 6. The van der Waals surface area contributed by atoms with E-state index >= 15 is 0 Å². The summed E-state index contributed by atoms with van der Waals surface area (Å²) in [7, 11) is 3.23. The molecule has 4 rings (SSSR count). The molecule has 0 saturated heterocycles. The van der Waals surface area contributed by atoms with Gasteiger partial charge in [0.25, 0.3) is 5.91 Å². The number of hydrogen-bond acceptors (Lipinski definition) is 4. The van der Waals surface area contributed by atoms with E-state index in [-0.39, 0.29) is 11.8 Å². The zero-order valence-corrected chi connectivity index (χ0v) is 18.2. The third kappa shape index (κ3) is 3.81. The highest BCUT2D eigenvalue weighted by Gasteiger charge is 2.54. The first-order chi connectivity index (χ1) is 15.1. The summed E-state index contributed by atoms with van der Waals surface area (Å²) in [6, 6.07) is 15.0. The zero-order chi connectivity index (χ0) is 21.8. The summed E-state index contributed by atoms with van der Waals surface area (Å²) in [6.45, 7) is 0.915. The van der Waals surface area contributed by atoms with E-state index in [0.717, 1.165) is 37.7 Å². The topological polar surface area (TPSA) is 67.9 Å². The van der Waals surface area contributed by atoms with E-state index in [1.54, 1.807) is 14.2 Å². The Balaban J connectivity index is 1.80. The van der Waals surface area contributed by atoms with E-state index in [0.29, 0.717) is 30.2 Å². The van der Waals surface area contributed by atoms with Crippen LogP contribution in [-0.2, 0) is 9.53 Å². The first-order valence-electron chi connectivity index (χ1n) is 11.0. The molecule has 1 spiro atoms. The van der Waals surface area contributed by atoms with Crippen LogP contribution in [0.5, 0.6) is 5.75 Å². The van der Waals surface area contributed by atoms with Gasteiger partial charge in [-0.2, -0.15) is 0 Å². The fourth-order valence-electron chi connectivity index (χ4n) is 5.30. The average molecular weight is 423 g/mol. The standard InChI is InChI=1S/C25H30N2O4/c1-30-17-16-27-24(29)19-11-5-4-10-18(19)22(25(27)14-8-3-9-15-25)23(28)26-20-12-6-7-13-21(20)31-2/h4-7,10-13,22H,3,8-9,14-17H2,1-2H3,(H,26,28)/t22-/m1/s1. The fraction of sp³-hybridized carbons (Fsp3) is 0.440. The fourth-order valence-corrected chi connectivity index (χ4v) is 5.30. The molecule has 2 aromatic carbocycles. The molecule has 2 amide bonds. The van der Waals surface area contributed by atoms with E-state index in [9.17, 15) is 9.59 Å². The second-order valence-electron chi connectivity index (χ2n) is 8.32. The number of benzene rings is 2. The maximum Gasteiger partial charge on any atom is 0.254 e. The Morgan fingerprint density at radius 1 is 1.06 bits per heavy atom. The molecule has 31 heavy (non-hydrogen) atoms. The van der Waals surface area contributed by atoms with Gasteiger partial charge in [-0.1, -0.05) is 49.6 Å². The number of hydrogen-bond donors (Lipinski definition) is 1. The lowest BCUT2D eigenvalue weighted by Crippen LogP contribution is -2.62. The highest BCUT2D eigenvalue weighted by atomic mass is 16.5. The molecule has 1 heterocycles. The van der Waals surface area contributed by atoms with Gasteiger partial charge >= 0.3 is 0 Å². The van der Waals surface area contributed by atoms with Crippen molar-refractivity contribution >= 4 is 17.5 Å². The average Bonchev–Trinajstić information content (AvgIpc) is 2.80. The monoisotopic (exact) mass is 422 g/mol. The van der Waals surface area contributed by atoms with Crippen LogP contribution in [0.15, 0.2) is 48.5 Å². The van der Waals surface area contributed by atoms with Gasteiger partial charge in [0.2, 0.25) is 5.91 Å². The molecule has 2 aliphatic rings. The molecular weight excluding hydrogens is 392 g/mol. The molecule has 1 fully saturated rings. The van der Waals surface area contributed by atoms with Gasteiger partial charge in [-0.25, -0.2) is 0 Å². The summed E-state index contributed by atoms with van der Waals surface area (Å²) >= 11 is 0. The van der Waals surface area contributed by atoms with Crippen molar-refractivity contribution in [1.82, 2.24) is 4.90 Å². The van der Waals surface area contributed by atoms with E-state index in [2.05, 4.69) is 5.32 Å². The molecule has 2 aromatic rings. The molecule has 0 aromatic heterocycles. The normalized spacial score (nSPS) is 19.7. The van der Waals surface area contributed by atoms with E-state index < -0.39 is 11.5 Å². The molecule has 0 radical (unpaired) electrons. The summed E-state index contributed by atoms with van der Waals surface area (Å²) in [6.07, 6.45) is 4.73. The van der Waals surface area contributed by atoms with Gasteiger partial charge in [0.1, 0.15) is 5.75 Å². The van der Waals surface area contributed by atoms with Crippen LogP contribution in [0.4, 0.5) is 5.69 Å². The molecule has 1 aliphatic heterocycles. The largest absolute Gasteiger partial charge is 0.495 e. The lowest BCUT2D eigenvalue weighted by Gasteiger charge is -2.53. The summed E-state index contributed by atoms with van der Waals surface area (Å²) < 4.78 is 10.8. The maximum atomic E-state index is 13.9. The molecule has 6 heteroatoms. The number of fused-ring (bicyclic) bond motifs is 1. The van der Waals surface area contributed by atoms with Gasteiger partial charge in [0.05, 0.1) is 30.9 Å². The van der Waals surface area contributed by atoms with Crippen LogP contribution in [0.1, 0.15) is 53.9 Å². The molecule has 0 unspecified atom stereocenters. The van der Waals surface area contributed by atoms with Crippen LogP contribution >= 0.6 is 0 Å². The predicted molar refractivity (Wildman–Crippen MR) is 120 cm³/mol. The number of nitrogens with zero attached hydrogens (tertiary/aromatic N) is 1. The Morgan fingerprint density at radius 3 is 2.52 bits per heavy atom. The molecule has 1 atom stereocenters.